The number of carbonyl (C=O) groups is 1. The Labute approximate surface area is 174 Å². The summed E-state index contributed by atoms with van der Waals surface area (Å²) in [5.41, 5.74) is 4.19. The van der Waals surface area contributed by atoms with E-state index < -0.39 is 5.97 Å². The molecule has 5 nitrogen and oxygen atoms in total. The standard InChI is InChI=1S/C23H22ClNO4/c1-15-4-3-5-16(10-15)14-29-22-20(24)11-17(12-21(22)28-2)13-25-19-8-6-18(7-9-19)23(26)27/h3-12,25H,13-14H2,1-2H3,(H,26,27). The van der Waals surface area contributed by atoms with Crippen molar-refractivity contribution < 1.29 is 19.4 Å². The van der Waals surface area contributed by atoms with E-state index in [9.17, 15) is 4.79 Å². The number of methoxy groups -OCH3 is 1. The van der Waals surface area contributed by atoms with Gasteiger partial charge in [-0.1, -0.05) is 41.4 Å². The number of hydrogen-bond acceptors (Lipinski definition) is 4. The molecule has 0 spiro atoms. The maximum absolute atomic E-state index is 10.9. The smallest absolute Gasteiger partial charge is 0.335 e. The first-order chi connectivity index (χ1) is 14.0. The maximum Gasteiger partial charge on any atom is 0.335 e. The number of hydrogen-bond donors (Lipinski definition) is 2. The summed E-state index contributed by atoms with van der Waals surface area (Å²) in [6.07, 6.45) is 0. The minimum Gasteiger partial charge on any atom is -0.493 e. The van der Waals surface area contributed by atoms with E-state index >= 15 is 0 Å². The van der Waals surface area contributed by atoms with Gasteiger partial charge in [-0.05, 0) is 54.4 Å². The van der Waals surface area contributed by atoms with Crippen LogP contribution < -0.4 is 14.8 Å². The molecule has 0 fully saturated rings. The summed E-state index contributed by atoms with van der Waals surface area (Å²) in [7, 11) is 1.58. The molecule has 0 aromatic heterocycles. The molecule has 3 rings (SSSR count). The molecular formula is C23H22ClNO4. The molecule has 0 bridgehead atoms. The Morgan fingerprint density at radius 1 is 1.07 bits per heavy atom. The molecule has 29 heavy (non-hydrogen) atoms. The fourth-order valence-electron chi connectivity index (χ4n) is 2.91. The van der Waals surface area contributed by atoms with Crippen molar-refractivity contribution in [3.63, 3.8) is 0 Å². The fourth-order valence-corrected chi connectivity index (χ4v) is 3.20. The van der Waals surface area contributed by atoms with Gasteiger partial charge in [0.15, 0.2) is 11.5 Å². The number of aromatic carboxylic acids is 1. The Hall–Kier alpha value is -3.18. The summed E-state index contributed by atoms with van der Waals surface area (Å²) < 4.78 is 11.4. The predicted octanol–water partition coefficient (Wildman–Crippen LogP) is 5.55. The topological polar surface area (TPSA) is 67.8 Å². The van der Waals surface area contributed by atoms with Gasteiger partial charge in [0.2, 0.25) is 0 Å². The minimum absolute atomic E-state index is 0.246. The Bertz CT molecular complexity index is 1000. The monoisotopic (exact) mass is 411 g/mol. The number of halogens is 1. The lowest BCUT2D eigenvalue weighted by Gasteiger charge is -2.15. The number of anilines is 1. The summed E-state index contributed by atoms with van der Waals surface area (Å²) in [6.45, 7) is 2.93. The molecule has 0 heterocycles. The van der Waals surface area contributed by atoms with E-state index in [1.54, 1.807) is 31.4 Å². The first kappa shape index (κ1) is 20.6. The summed E-state index contributed by atoms with van der Waals surface area (Å²) in [5, 5.41) is 12.7. The molecule has 0 saturated carbocycles. The van der Waals surface area contributed by atoms with Gasteiger partial charge in [-0.3, -0.25) is 0 Å². The molecule has 6 heteroatoms. The molecule has 0 saturated heterocycles. The number of aryl methyl sites for hydroxylation is 1. The van der Waals surface area contributed by atoms with Crippen LogP contribution in [-0.4, -0.2) is 18.2 Å². The molecule has 0 amide bonds. The van der Waals surface area contributed by atoms with Crippen LogP contribution in [0.15, 0.2) is 60.7 Å². The van der Waals surface area contributed by atoms with E-state index in [0.29, 0.717) is 29.7 Å². The van der Waals surface area contributed by atoms with Gasteiger partial charge in [0.1, 0.15) is 6.61 Å². The van der Waals surface area contributed by atoms with Crippen LogP contribution in [0.5, 0.6) is 11.5 Å². The van der Waals surface area contributed by atoms with Gasteiger partial charge in [0, 0.05) is 12.2 Å². The Kier molecular flexibility index (Phi) is 6.62. The average Bonchev–Trinajstić information content (AvgIpc) is 2.71. The van der Waals surface area contributed by atoms with Crippen molar-refractivity contribution in [1.29, 1.82) is 0 Å². The molecule has 3 aromatic carbocycles. The lowest BCUT2D eigenvalue weighted by molar-refractivity contribution is 0.0697. The molecule has 0 radical (unpaired) electrons. The fraction of sp³-hybridized carbons (Fsp3) is 0.174. The van der Waals surface area contributed by atoms with E-state index in [4.69, 9.17) is 26.2 Å². The summed E-state index contributed by atoms with van der Waals surface area (Å²) in [4.78, 5) is 10.9. The van der Waals surface area contributed by atoms with Crippen molar-refractivity contribution in [3.05, 3.63) is 87.9 Å². The number of carboxylic acids is 1. The lowest BCUT2D eigenvalue weighted by atomic mass is 10.1. The molecule has 0 atom stereocenters. The van der Waals surface area contributed by atoms with Gasteiger partial charge in [0.05, 0.1) is 17.7 Å². The van der Waals surface area contributed by atoms with Crippen LogP contribution in [0.3, 0.4) is 0 Å². The zero-order valence-corrected chi connectivity index (χ0v) is 17.0. The third kappa shape index (κ3) is 5.42. The van der Waals surface area contributed by atoms with Crippen molar-refractivity contribution >= 4 is 23.3 Å². The quantitative estimate of drug-likeness (QED) is 0.509. The average molecular weight is 412 g/mol. The molecule has 0 aliphatic carbocycles. The van der Waals surface area contributed by atoms with E-state index in [1.807, 2.05) is 37.3 Å². The van der Waals surface area contributed by atoms with Crippen molar-refractivity contribution in [2.75, 3.05) is 12.4 Å². The number of carboxylic acid groups (broad SMARTS) is 1. The number of ether oxygens (including phenoxy) is 2. The van der Waals surface area contributed by atoms with Crippen molar-refractivity contribution in [1.82, 2.24) is 0 Å². The number of benzene rings is 3. The molecule has 2 N–H and O–H groups in total. The summed E-state index contributed by atoms with van der Waals surface area (Å²) in [5.74, 6) is 0.114. The van der Waals surface area contributed by atoms with E-state index in [0.717, 1.165) is 16.8 Å². The van der Waals surface area contributed by atoms with Gasteiger partial charge in [-0.15, -0.1) is 0 Å². The number of nitrogens with one attached hydrogen (secondary N) is 1. The van der Waals surface area contributed by atoms with Gasteiger partial charge in [-0.25, -0.2) is 4.79 Å². The van der Waals surface area contributed by atoms with Crippen LogP contribution in [0.4, 0.5) is 5.69 Å². The van der Waals surface area contributed by atoms with Crippen LogP contribution in [-0.2, 0) is 13.2 Å². The highest BCUT2D eigenvalue weighted by Gasteiger charge is 2.13. The second kappa shape index (κ2) is 9.34. The lowest BCUT2D eigenvalue weighted by Crippen LogP contribution is -2.03. The van der Waals surface area contributed by atoms with Crippen LogP contribution >= 0.6 is 11.6 Å². The molecular weight excluding hydrogens is 390 g/mol. The highest BCUT2D eigenvalue weighted by Crippen LogP contribution is 2.37. The highest BCUT2D eigenvalue weighted by molar-refractivity contribution is 6.32. The third-order valence-electron chi connectivity index (χ3n) is 4.38. The van der Waals surface area contributed by atoms with E-state index in [-0.39, 0.29) is 5.56 Å². The van der Waals surface area contributed by atoms with Gasteiger partial charge >= 0.3 is 5.97 Å². The minimum atomic E-state index is -0.950. The Morgan fingerprint density at radius 3 is 2.48 bits per heavy atom. The summed E-state index contributed by atoms with van der Waals surface area (Å²) >= 11 is 6.45. The normalized spacial score (nSPS) is 10.4. The first-order valence-electron chi connectivity index (χ1n) is 9.08. The maximum atomic E-state index is 10.9. The van der Waals surface area contributed by atoms with Gasteiger partial charge in [-0.2, -0.15) is 0 Å². The Balaban J connectivity index is 1.69. The van der Waals surface area contributed by atoms with Gasteiger partial charge in [0.25, 0.3) is 0 Å². The predicted molar refractivity (Wildman–Crippen MR) is 114 cm³/mol. The van der Waals surface area contributed by atoms with Crippen molar-refractivity contribution in [2.24, 2.45) is 0 Å². The van der Waals surface area contributed by atoms with Crippen LogP contribution in [0.2, 0.25) is 5.02 Å². The highest BCUT2D eigenvalue weighted by atomic mass is 35.5. The Morgan fingerprint density at radius 2 is 1.83 bits per heavy atom. The molecule has 3 aromatic rings. The summed E-state index contributed by atoms with van der Waals surface area (Å²) in [6, 6.07) is 18.4. The van der Waals surface area contributed by atoms with Crippen LogP contribution in [0.25, 0.3) is 0 Å². The van der Waals surface area contributed by atoms with Gasteiger partial charge < -0.3 is 19.9 Å². The molecule has 0 aliphatic rings. The van der Waals surface area contributed by atoms with Crippen molar-refractivity contribution in [3.8, 4) is 11.5 Å². The molecule has 0 aliphatic heterocycles. The second-order valence-electron chi connectivity index (χ2n) is 6.62. The largest absolute Gasteiger partial charge is 0.493 e. The van der Waals surface area contributed by atoms with E-state index in [2.05, 4.69) is 11.4 Å². The number of rotatable bonds is 8. The van der Waals surface area contributed by atoms with E-state index in [1.165, 1.54) is 5.56 Å². The second-order valence-corrected chi connectivity index (χ2v) is 7.03. The molecule has 0 unspecified atom stereocenters. The SMILES string of the molecule is COc1cc(CNc2ccc(C(=O)O)cc2)cc(Cl)c1OCc1cccc(C)c1. The zero-order chi connectivity index (χ0) is 20.8. The zero-order valence-electron chi connectivity index (χ0n) is 16.2. The van der Waals surface area contributed by atoms with Crippen LogP contribution in [0.1, 0.15) is 27.0 Å². The first-order valence-corrected chi connectivity index (χ1v) is 9.46. The van der Waals surface area contributed by atoms with Crippen molar-refractivity contribution in [2.45, 2.75) is 20.1 Å². The molecule has 150 valence electrons. The van der Waals surface area contributed by atoms with Crippen LogP contribution in [0, 0.1) is 6.92 Å². The third-order valence-corrected chi connectivity index (χ3v) is 4.66.